The van der Waals surface area contributed by atoms with E-state index in [-0.39, 0.29) is 17.9 Å². The van der Waals surface area contributed by atoms with Crippen LogP contribution in [0.15, 0.2) is 29.6 Å². The number of carbonyl (C=O) groups excluding carboxylic acids is 2. The van der Waals surface area contributed by atoms with Crippen LogP contribution < -0.4 is 10.1 Å². The van der Waals surface area contributed by atoms with E-state index in [0.717, 1.165) is 10.7 Å². The van der Waals surface area contributed by atoms with Crippen molar-refractivity contribution in [2.24, 2.45) is 0 Å². The predicted molar refractivity (Wildman–Crippen MR) is 80.5 cm³/mol. The fourth-order valence-electron chi connectivity index (χ4n) is 1.77. The van der Waals surface area contributed by atoms with E-state index in [0.29, 0.717) is 11.3 Å². The highest BCUT2D eigenvalue weighted by Gasteiger charge is 2.13. The summed E-state index contributed by atoms with van der Waals surface area (Å²) in [5, 5.41) is 5.79. The molecule has 0 fully saturated rings. The first-order chi connectivity index (χ1) is 9.95. The summed E-state index contributed by atoms with van der Waals surface area (Å²) in [6.45, 7) is 5.15. The molecule has 0 aliphatic rings. The van der Waals surface area contributed by atoms with Crippen LogP contribution in [0.5, 0.6) is 5.75 Å². The minimum absolute atomic E-state index is 0.157. The largest absolute Gasteiger partial charge is 0.427 e. The molecule has 21 heavy (non-hydrogen) atoms. The second kappa shape index (κ2) is 6.49. The third kappa shape index (κ3) is 4.13. The molecular weight excluding hydrogens is 288 g/mol. The van der Waals surface area contributed by atoms with Gasteiger partial charge in [0.05, 0.1) is 16.7 Å². The Balaban J connectivity index is 2.01. The lowest BCUT2D eigenvalue weighted by atomic mass is 10.2. The topological polar surface area (TPSA) is 68.3 Å². The van der Waals surface area contributed by atoms with Gasteiger partial charge in [0.1, 0.15) is 5.75 Å². The second-order valence-corrected chi connectivity index (χ2v) is 5.67. The molecule has 1 amide bonds. The number of ether oxygens (including phenoxy) is 1. The quantitative estimate of drug-likeness (QED) is 0.696. The van der Waals surface area contributed by atoms with Gasteiger partial charge in [-0.25, -0.2) is 4.98 Å². The Hall–Kier alpha value is -2.21. The van der Waals surface area contributed by atoms with Crippen molar-refractivity contribution in [3.05, 3.63) is 45.9 Å². The Labute approximate surface area is 127 Å². The number of hydrogen-bond donors (Lipinski definition) is 1. The van der Waals surface area contributed by atoms with Gasteiger partial charge in [0.15, 0.2) is 0 Å². The molecule has 0 radical (unpaired) electrons. The molecule has 0 aliphatic heterocycles. The molecule has 1 atom stereocenters. The number of amides is 1. The van der Waals surface area contributed by atoms with Crippen molar-refractivity contribution in [3.8, 4) is 5.75 Å². The summed E-state index contributed by atoms with van der Waals surface area (Å²) in [4.78, 5) is 27.3. The van der Waals surface area contributed by atoms with Crippen LogP contribution in [0, 0.1) is 6.92 Å². The van der Waals surface area contributed by atoms with E-state index in [2.05, 4.69) is 10.3 Å². The van der Waals surface area contributed by atoms with E-state index >= 15 is 0 Å². The van der Waals surface area contributed by atoms with Gasteiger partial charge in [-0.2, -0.15) is 0 Å². The molecule has 2 aromatic rings. The zero-order chi connectivity index (χ0) is 15.4. The molecule has 1 heterocycles. The number of rotatable bonds is 4. The van der Waals surface area contributed by atoms with Gasteiger partial charge in [-0.05, 0) is 38.1 Å². The molecule has 1 N–H and O–H groups in total. The number of nitrogens with zero attached hydrogens (tertiary/aromatic N) is 1. The minimum Gasteiger partial charge on any atom is -0.427 e. The monoisotopic (exact) mass is 304 g/mol. The van der Waals surface area contributed by atoms with Crippen molar-refractivity contribution in [1.29, 1.82) is 0 Å². The van der Waals surface area contributed by atoms with E-state index < -0.39 is 0 Å². The highest BCUT2D eigenvalue weighted by Crippen LogP contribution is 2.17. The number of aryl methyl sites for hydroxylation is 1. The minimum atomic E-state index is -0.389. The number of aromatic nitrogens is 1. The zero-order valence-electron chi connectivity index (χ0n) is 12.0. The molecule has 0 aliphatic carbocycles. The first kappa shape index (κ1) is 15.2. The Bertz CT molecular complexity index is 649. The molecule has 0 bridgehead atoms. The van der Waals surface area contributed by atoms with Gasteiger partial charge in [-0.15, -0.1) is 11.3 Å². The normalized spacial score (nSPS) is 11.8. The third-order valence-corrected chi connectivity index (χ3v) is 3.60. The van der Waals surface area contributed by atoms with Crippen LogP contribution >= 0.6 is 11.3 Å². The smallest absolute Gasteiger partial charge is 0.308 e. The number of carbonyl (C=O) groups is 2. The Kier molecular flexibility index (Phi) is 4.70. The molecular formula is C15H16N2O3S. The number of esters is 1. The standard InChI is InChI=1S/C15H16N2O3S/c1-9(14-8-21-10(2)17-14)16-15(19)12-4-6-13(7-5-12)20-11(3)18/h4-9H,1-3H3,(H,16,19). The van der Waals surface area contributed by atoms with Crippen molar-refractivity contribution >= 4 is 23.2 Å². The maximum Gasteiger partial charge on any atom is 0.308 e. The first-order valence-electron chi connectivity index (χ1n) is 6.47. The van der Waals surface area contributed by atoms with Gasteiger partial charge in [0.2, 0.25) is 0 Å². The Morgan fingerprint density at radius 1 is 1.29 bits per heavy atom. The summed E-state index contributed by atoms with van der Waals surface area (Å²) < 4.78 is 4.92. The van der Waals surface area contributed by atoms with Crippen molar-refractivity contribution in [2.45, 2.75) is 26.8 Å². The SMILES string of the molecule is CC(=O)Oc1ccc(C(=O)NC(C)c2csc(C)n2)cc1. The lowest BCUT2D eigenvalue weighted by Crippen LogP contribution is -2.26. The number of nitrogens with one attached hydrogen (secondary N) is 1. The highest BCUT2D eigenvalue weighted by atomic mass is 32.1. The molecule has 0 saturated heterocycles. The maximum absolute atomic E-state index is 12.1. The van der Waals surface area contributed by atoms with Crippen molar-refractivity contribution in [3.63, 3.8) is 0 Å². The summed E-state index contributed by atoms with van der Waals surface area (Å²) in [6, 6.07) is 6.26. The lowest BCUT2D eigenvalue weighted by molar-refractivity contribution is -0.131. The summed E-state index contributed by atoms with van der Waals surface area (Å²) in [7, 11) is 0. The summed E-state index contributed by atoms with van der Waals surface area (Å²) in [5.74, 6) is -0.163. The number of thiazole rings is 1. The van der Waals surface area contributed by atoms with Crippen LogP contribution in [0.1, 0.15) is 40.9 Å². The molecule has 2 rings (SSSR count). The van der Waals surface area contributed by atoms with Gasteiger partial charge < -0.3 is 10.1 Å². The Morgan fingerprint density at radius 2 is 1.95 bits per heavy atom. The van der Waals surface area contributed by atoms with Gasteiger partial charge >= 0.3 is 5.97 Å². The van der Waals surface area contributed by atoms with E-state index in [1.54, 1.807) is 35.6 Å². The summed E-state index contributed by atoms with van der Waals surface area (Å²) in [6.07, 6.45) is 0. The van der Waals surface area contributed by atoms with Gasteiger partial charge in [0, 0.05) is 17.9 Å². The van der Waals surface area contributed by atoms with E-state index in [4.69, 9.17) is 4.74 Å². The van der Waals surface area contributed by atoms with Crippen molar-refractivity contribution in [1.82, 2.24) is 10.3 Å². The van der Waals surface area contributed by atoms with E-state index in [1.165, 1.54) is 6.92 Å². The van der Waals surface area contributed by atoms with Crippen LogP contribution in [0.4, 0.5) is 0 Å². The first-order valence-corrected chi connectivity index (χ1v) is 7.35. The van der Waals surface area contributed by atoms with Crippen LogP contribution in [-0.4, -0.2) is 16.9 Å². The zero-order valence-corrected chi connectivity index (χ0v) is 12.9. The lowest BCUT2D eigenvalue weighted by Gasteiger charge is -2.12. The van der Waals surface area contributed by atoms with Gasteiger partial charge in [0.25, 0.3) is 5.91 Å². The summed E-state index contributed by atoms with van der Waals surface area (Å²) in [5.41, 5.74) is 1.35. The molecule has 1 unspecified atom stereocenters. The van der Waals surface area contributed by atoms with Crippen LogP contribution in [0.25, 0.3) is 0 Å². The predicted octanol–water partition coefficient (Wildman–Crippen LogP) is 2.87. The van der Waals surface area contributed by atoms with E-state index in [9.17, 15) is 9.59 Å². The Morgan fingerprint density at radius 3 is 2.48 bits per heavy atom. The number of benzene rings is 1. The maximum atomic E-state index is 12.1. The van der Waals surface area contributed by atoms with E-state index in [1.807, 2.05) is 19.2 Å². The van der Waals surface area contributed by atoms with Crippen LogP contribution in [0.3, 0.4) is 0 Å². The van der Waals surface area contributed by atoms with Crippen LogP contribution in [0.2, 0.25) is 0 Å². The average molecular weight is 304 g/mol. The second-order valence-electron chi connectivity index (χ2n) is 4.60. The fraction of sp³-hybridized carbons (Fsp3) is 0.267. The summed E-state index contributed by atoms with van der Waals surface area (Å²) >= 11 is 1.55. The van der Waals surface area contributed by atoms with Gasteiger partial charge in [-0.3, -0.25) is 9.59 Å². The van der Waals surface area contributed by atoms with Crippen LogP contribution in [-0.2, 0) is 4.79 Å². The molecule has 5 nitrogen and oxygen atoms in total. The average Bonchev–Trinajstić information content (AvgIpc) is 2.85. The van der Waals surface area contributed by atoms with Crippen molar-refractivity contribution < 1.29 is 14.3 Å². The van der Waals surface area contributed by atoms with Gasteiger partial charge in [-0.1, -0.05) is 0 Å². The molecule has 110 valence electrons. The highest BCUT2D eigenvalue weighted by molar-refractivity contribution is 7.09. The molecule has 1 aromatic carbocycles. The molecule has 0 spiro atoms. The fourth-order valence-corrected chi connectivity index (χ4v) is 2.48. The number of hydrogen-bond acceptors (Lipinski definition) is 5. The molecule has 6 heteroatoms. The van der Waals surface area contributed by atoms with Crippen molar-refractivity contribution in [2.75, 3.05) is 0 Å². The molecule has 1 aromatic heterocycles. The molecule has 0 saturated carbocycles. The third-order valence-electron chi connectivity index (χ3n) is 2.81.